The molecule has 1 rings (SSSR count). The van der Waals surface area contributed by atoms with Gasteiger partial charge < -0.3 is 10.2 Å². The summed E-state index contributed by atoms with van der Waals surface area (Å²) in [5, 5.41) is 11.6. The first-order valence-corrected chi connectivity index (χ1v) is 6.27. The summed E-state index contributed by atoms with van der Waals surface area (Å²) in [7, 11) is 2.03. The first-order chi connectivity index (χ1) is 8.63. The van der Waals surface area contributed by atoms with Crippen LogP contribution in [0.3, 0.4) is 0 Å². The maximum atomic E-state index is 8.48. The summed E-state index contributed by atoms with van der Waals surface area (Å²) in [5.74, 6) is 2.36. The van der Waals surface area contributed by atoms with Crippen LogP contribution in [-0.2, 0) is 0 Å². The van der Waals surface area contributed by atoms with E-state index in [0.29, 0.717) is 18.9 Å². The highest BCUT2D eigenvalue weighted by molar-refractivity contribution is 5.47. The van der Waals surface area contributed by atoms with Crippen LogP contribution >= 0.6 is 0 Å². The molecule has 0 aromatic carbocycles. The van der Waals surface area contributed by atoms with Gasteiger partial charge in [0.1, 0.15) is 18.0 Å². The fourth-order valence-electron chi connectivity index (χ4n) is 1.47. The van der Waals surface area contributed by atoms with E-state index in [9.17, 15) is 0 Å². The summed E-state index contributed by atoms with van der Waals surface area (Å²) in [6, 6.07) is 4.01. The maximum Gasteiger partial charge on any atom is 0.133 e. The molecule has 0 bridgehead atoms. The standard InChI is InChI=1S/C13H21N5/c1-11(2)5-8-18(3)13-9-12(16-10-17-13)15-7-4-6-14/h9-11H,4-5,7-8H2,1-3H3,(H,15,16,17). The van der Waals surface area contributed by atoms with Crippen molar-refractivity contribution in [1.82, 2.24) is 9.97 Å². The molecule has 0 unspecified atom stereocenters. The van der Waals surface area contributed by atoms with Gasteiger partial charge in [0.25, 0.3) is 0 Å². The number of aromatic nitrogens is 2. The zero-order valence-electron chi connectivity index (χ0n) is 11.3. The van der Waals surface area contributed by atoms with Gasteiger partial charge in [-0.3, -0.25) is 0 Å². The van der Waals surface area contributed by atoms with Crippen LogP contribution in [0.15, 0.2) is 12.4 Å². The van der Waals surface area contributed by atoms with Crippen molar-refractivity contribution >= 4 is 11.6 Å². The van der Waals surface area contributed by atoms with Crippen molar-refractivity contribution in [1.29, 1.82) is 5.26 Å². The summed E-state index contributed by atoms with van der Waals surface area (Å²) in [5.41, 5.74) is 0. The minimum atomic E-state index is 0.475. The Morgan fingerprint density at radius 3 is 2.89 bits per heavy atom. The lowest BCUT2D eigenvalue weighted by Gasteiger charge is -2.19. The van der Waals surface area contributed by atoms with Gasteiger partial charge in [-0.2, -0.15) is 5.26 Å². The highest BCUT2D eigenvalue weighted by Crippen LogP contribution is 2.13. The van der Waals surface area contributed by atoms with Gasteiger partial charge >= 0.3 is 0 Å². The molecular formula is C13H21N5. The molecule has 0 saturated heterocycles. The molecule has 1 aromatic heterocycles. The summed E-state index contributed by atoms with van der Waals surface area (Å²) in [6.07, 6.45) is 3.16. The van der Waals surface area contributed by atoms with Crippen molar-refractivity contribution in [2.24, 2.45) is 5.92 Å². The molecule has 0 saturated carbocycles. The fourth-order valence-corrected chi connectivity index (χ4v) is 1.47. The van der Waals surface area contributed by atoms with Crippen LogP contribution in [0, 0.1) is 17.2 Å². The van der Waals surface area contributed by atoms with Crippen molar-refractivity contribution in [3.63, 3.8) is 0 Å². The first-order valence-electron chi connectivity index (χ1n) is 6.27. The third-order valence-corrected chi connectivity index (χ3v) is 2.63. The molecule has 1 N–H and O–H groups in total. The quantitative estimate of drug-likeness (QED) is 0.749. The van der Waals surface area contributed by atoms with E-state index in [1.807, 2.05) is 13.1 Å². The molecule has 5 heteroatoms. The topological polar surface area (TPSA) is 64.8 Å². The molecule has 0 fully saturated rings. The van der Waals surface area contributed by atoms with Crippen LogP contribution in [0.2, 0.25) is 0 Å². The van der Waals surface area contributed by atoms with E-state index in [0.717, 1.165) is 24.6 Å². The molecule has 0 radical (unpaired) electrons. The lowest BCUT2D eigenvalue weighted by Crippen LogP contribution is -2.21. The molecular weight excluding hydrogens is 226 g/mol. The van der Waals surface area contributed by atoms with Crippen molar-refractivity contribution in [3.8, 4) is 6.07 Å². The smallest absolute Gasteiger partial charge is 0.133 e. The van der Waals surface area contributed by atoms with E-state index in [2.05, 4.69) is 40.1 Å². The second kappa shape index (κ2) is 7.49. The Bertz CT molecular complexity index is 397. The number of anilines is 2. The van der Waals surface area contributed by atoms with Crippen LogP contribution < -0.4 is 10.2 Å². The Kier molecular flexibility index (Phi) is 5.92. The Balaban J connectivity index is 2.55. The second-order valence-corrected chi connectivity index (χ2v) is 4.70. The van der Waals surface area contributed by atoms with E-state index < -0.39 is 0 Å². The van der Waals surface area contributed by atoms with Crippen LogP contribution in [-0.4, -0.2) is 30.1 Å². The third-order valence-electron chi connectivity index (χ3n) is 2.63. The molecule has 0 amide bonds. The summed E-state index contributed by atoms with van der Waals surface area (Å²) in [4.78, 5) is 10.5. The minimum absolute atomic E-state index is 0.475. The Morgan fingerprint density at radius 1 is 1.44 bits per heavy atom. The number of hydrogen-bond acceptors (Lipinski definition) is 5. The molecule has 0 aliphatic heterocycles. The second-order valence-electron chi connectivity index (χ2n) is 4.70. The van der Waals surface area contributed by atoms with Gasteiger partial charge in [-0.25, -0.2) is 9.97 Å². The molecule has 1 heterocycles. The first kappa shape index (κ1) is 14.2. The van der Waals surface area contributed by atoms with Gasteiger partial charge in [0.05, 0.1) is 12.5 Å². The van der Waals surface area contributed by atoms with E-state index in [1.54, 1.807) is 6.33 Å². The monoisotopic (exact) mass is 247 g/mol. The lowest BCUT2D eigenvalue weighted by atomic mass is 10.1. The number of hydrogen-bond donors (Lipinski definition) is 1. The maximum absolute atomic E-state index is 8.48. The Hall–Kier alpha value is -1.83. The summed E-state index contributed by atoms with van der Waals surface area (Å²) < 4.78 is 0. The van der Waals surface area contributed by atoms with Gasteiger partial charge in [-0.05, 0) is 12.3 Å². The zero-order chi connectivity index (χ0) is 13.4. The van der Waals surface area contributed by atoms with Crippen LogP contribution in [0.5, 0.6) is 0 Å². The Morgan fingerprint density at radius 2 is 2.22 bits per heavy atom. The van der Waals surface area contributed by atoms with Gasteiger partial charge in [-0.1, -0.05) is 13.8 Å². The van der Waals surface area contributed by atoms with E-state index in [1.165, 1.54) is 0 Å². The molecule has 0 spiro atoms. The Labute approximate surface area is 109 Å². The zero-order valence-corrected chi connectivity index (χ0v) is 11.3. The van der Waals surface area contributed by atoms with Crippen LogP contribution in [0.1, 0.15) is 26.7 Å². The van der Waals surface area contributed by atoms with E-state index in [4.69, 9.17) is 5.26 Å². The molecule has 5 nitrogen and oxygen atoms in total. The highest BCUT2D eigenvalue weighted by atomic mass is 15.2. The van der Waals surface area contributed by atoms with Gasteiger partial charge in [0.15, 0.2) is 0 Å². The number of rotatable bonds is 7. The van der Waals surface area contributed by atoms with Crippen molar-refractivity contribution in [2.45, 2.75) is 26.7 Å². The number of nitriles is 1. The summed E-state index contributed by atoms with van der Waals surface area (Å²) >= 11 is 0. The molecule has 0 aliphatic rings. The molecule has 0 aliphatic carbocycles. The van der Waals surface area contributed by atoms with Crippen molar-refractivity contribution < 1.29 is 0 Å². The number of nitrogens with one attached hydrogen (secondary N) is 1. The largest absolute Gasteiger partial charge is 0.369 e. The minimum Gasteiger partial charge on any atom is -0.369 e. The van der Waals surface area contributed by atoms with E-state index in [-0.39, 0.29) is 0 Å². The fraction of sp³-hybridized carbons (Fsp3) is 0.615. The molecule has 98 valence electrons. The number of nitrogens with zero attached hydrogens (tertiary/aromatic N) is 4. The van der Waals surface area contributed by atoms with E-state index >= 15 is 0 Å². The van der Waals surface area contributed by atoms with Gasteiger partial charge in [0.2, 0.25) is 0 Å². The SMILES string of the molecule is CC(C)CCN(C)c1cc(NCCC#N)ncn1. The average Bonchev–Trinajstić information content (AvgIpc) is 2.36. The molecule has 0 atom stereocenters. The van der Waals surface area contributed by atoms with Gasteiger partial charge in [-0.15, -0.1) is 0 Å². The predicted molar refractivity (Wildman–Crippen MR) is 73.5 cm³/mol. The average molecular weight is 247 g/mol. The lowest BCUT2D eigenvalue weighted by molar-refractivity contribution is 0.583. The molecule has 18 heavy (non-hydrogen) atoms. The predicted octanol–water partition coefficient (Wildman–Crippen LogP) is 2.28. The van der Waals surface area contributed by atoms with Crippen molar-refractivity contribution in [3.05, 3.63) is 12.4 Å². The normalized spacial score (nSPS) is 10.2. The van der Waals surface area contributed by atoms with Gasteiger partial charge in [0, 0.05) is 26.2 Å². The van der Waals surface area contributed by atoms with Crippen LogP contribution in [0.4, 0.5) is 11.6 Å². The van der Waals surface area contributed by atoms with Crippen molar-refractivity contribution in [2.75, 3.05) is 30.4 Å². The summed E-state index contributed by atoms with van der Waals surface area (Å²) in [6.45, 7) is 6.01. The van der Waals surface area contributed by atoms with Crippen LogP contribution in [0.25, 0.3) is 0 Å². The highest BCUT2D eigenvalue weighted by Gasteiger charge is 2.05. The third kappa shape index (κ3) is 5.00. The molecule has 1 aromatic rings.